The van der Waals surface area contributed by atoms with Crippen LogP contribution in [0.15, 0.2) is 30.5 Å². The van der Waals surface area contributed by atoms with Gasteiger partial charge < -0.3 is 9.64 Å². The van der Waals surface area contributed by atoms with Crippen molar-refractivity contribution in [1.82, 2.24) is 20.0 Å². The number of nitrogens with zero attached hydrogens (tertiary/aromatic N) is 3. The molecule has 132 valence electrons. The number of benzene rings is 1. The number of hydrogen-bond donors (Lipinski definition) is 1. The highest BCUT2D eigenvalue weighted by Gasteiger charge is 2.46. The second kappa shape index (κ2) is 6.15. The highest BCUT2D eigenvalue weighted by molar-refractivity contribution is 5.70. The van der Waals surface area contributed by atoms with Gasteiger partial charge in [0.2, 0.25) is 0 Å². The van der Waals surface area contributed by atoms with Crippen LogP contribution in [0.5, 0.6) is 0 Å². The number of hydrogen-bond acceptors (Lipinski definition) is 4. The van der Waals surface area contributed by atoms with Crippen LogP contribution in [0.3, 0.4) is 0 Å². The zero-order valence-electron chi connectivity index (χ0n) is 14.2. The maximum Gasteiger partial charge on any atom is 0.410 e. The lowest BCUT2D eigenvalue weighted by atomic mass is 9.92. The summed E-state index contributed by atoms with van der Waals surface area (Å²) < 4.78 is 19.2. The van der Waals surface area contributed by atoms with Gasteiger partial charge in [0.05, 0.1) is 18.4 Å². The Kier molecular flexibility index (Phi) is 3.95. The van der Waals surface area contributed by atoms with Crippen molar-refractivity contribution >= 4 is 6.09 Å². The van der Waals surface area contributed by atoms with E-state index in [1.54, 1.807) is 24.2 Å². The highest BCUT2D eigenvalue weighted by atomic mass is 19.1. The molecule has 1 N–H and O–H groups in total. The number of carbonyl (C=O) groups excluding carboxylic acids is 1. The molecule has 2 aliphatic heterocycles. The van der Waals surface area contributed by atoms with Crippen molar-refractivity contribution in [2.75, 3.05) is 26.7 Å². The van der Waals surface area contributed by atoms with Crippen LogP contribution in [0.25, 0.3) is 11.3 Å². The number of H-pyrrole nitrogens is 1. The molecule has 7 heteroatoms. The molecular weight excluding hydrogens is 323 g/mol. The van der Waals surface area contributed by atoms with E-state index >= 15 is 0 Å². The molecule has 0 radical (unpaired) electrons. The van der Waals surface area contributed by atoms with E-state index in [-0.39, 0.29) is 11.9 Å². The molecule has 0 aliphatic carbocycles. The maximum atomic E-state index is 13.5. The molecule has 4 rings (SSSR count). The summed E-state index contributed by atoms with van der Waals surface area (Å²) in [6.45, 7) is 2.96. The first-order valence-electron chi connectivity index (χ1n) is 8.49. The van der Waals surface area contributed by atoms with Gasteiger partial charge in [-0.15, -0.1) is 0 Å². The quantitative estimate of drug-likeness (QED) is 0.930. The minimum atomic E-state index is -0.410. The van der Waals surface area contributed by atoms with Crippen molar-refractivity contribution in [2.45, 2.75) is 25.0 Å². The normalized spacial score (nSPS) is 24.1. The molecule has 1 aromatic heterocycles. The Hall–Kier alpha value is -2.41. The summed E-state index contributed by atoms with van der Waals surface area (Å²) in [6, 6.07) is 6.49. The average molecular weight is 344 g/mol. The van der Waals surface area contributed by atoms with Crippen molar-refractivity contribution in [1.29, 1.82) is 0 Å². The minimum Gasteiger partial charge on any atom is -0.440 e. The molecule has 0 unspecified atom stereocenters. The first-order chi connectivity index (χ1) is 12.0. The molecule has 6 nitrogen and oxygen atoms in total. The van der Waals surface area contributed by atoms with E-state index in [9.17, 15) is 9.18 Å². The fraction of sp³-hybridized carbons (Fsp3) is 0.444. The topological polar surface area (TPSA) is 61.5 Å². The number of aromatic nitrogens is 2. The summed E-state index contributed by atoms with van der Waals surface area (Å²) in [5.74, 6) is -0.268. The number of likely N-dealkylation sites (N-methyl/N-ethyl adjacent to an activating group) is 1. The van der Waals surface area contributed by atoms with Crippen LogP contribution >= 0.6 is 0 Å². The Labute approximate surface area is 145 Å². The smallest absolute Gasteiger partial charge is 0.410 e. The molecule has 0 bridgehead atoms. The van der Waals surface area contributed by atoms with Gasteiger partial charge in [-0.2, -0.15) is 5.10 Å². The van der Waals surface area contributed by atoms with E-state index < -0.39 is 5.60 Å². The van der Waals surface area contributed by atoms with Gasteiger partial charge in [0.1, 0.15) is 11.4 Å². The molecule has 25 heavy (non-hydrogen) atoms. The number of ether oxygens (including phenoxy) is 1. The Morgan fingerprint density at radius 2 is 2.28 bits per heavy atom. The van der Waals surface area contributed by atoms with E-state index in [1.165, 1.54) is 12.1 Å². The molecular formula is C18H21FN4O2. The maximum absolute atomic E-state index is 13.5. The van der Waals surface area contributed by atoms with Gasteiger partial charge in [-0.3, -0.25) is 10.00 Å². The van der Waals surface area contributed by atoms with Gasteiger partial charge in [-0.05, 0) is 31.5 Å². The van der Waals surface area contributed by atoms with Crippen molar-refractivity contribution in [3.63, 3.8) is 0 Å². The van der Waals surface area contributed by atoms with Gasteiger partial charge in [0.25, 0.3) is 0 Å². The van der Waals surface area contributed by atoms with E-state index in [4.69, 9.17) is 4.74 Å². The van der Waals surface area contributed by atoms with E-state index in [1.807, 2.05) is 6.07 Å². The molecule has 0 saturated carbocycles. The van der Waals surface area contributed by atoms with Crippen LogP contribution in [0.4, 0.5) is 9.18 Å². The van der Waals surface area contributed by atoms with Crippen molar-refractivity contribution in [3.8, 4) is 11.3 Å². The number of piperidine rings is 1. The summed E-state index contributed by atoms with van der Waals surface area (Å²) in [4.78, 5) is 15.7. The molecule has 1 amide bonds. The van der Waals surface area contributed by atoms with E-state index in [0.29, 0.717) is 19.6 Å². The van der Waals surface area contributed by atoms with Crippen LogP contribution in [-0.4, -0.2) is 58.4 Å². The average Bonchev–Trinajstić information content (AvgIpc) is 3.12. The van der Waals surface area contributed by atoms with E-state index in [0.717, 1.165) is 36.2 Å². The lowest BCUT2D eigenvalue weighted by molar-refractivity contribution is -0.0113. The number of likely N-dealkylation sites (tertiary alicyclic amines) is 1. The van der Waals surface area contributed by atoms with Gasteiger partial charge in [-0.1, -0.05) is 12.1 Å². The Bertz CT molecular complexity index is 793. The third-order valence-corrected chi connectivity index (χ3v) is 4.98. The largest absolute Gasteiger partial charge is 0.440 e. The first kappa shape index (κ1) is 16.1. The van der Waals surface area contributed by atoms with E-state index in [2.05, 4.69) is 15.1 Å². The van der Waals surface area contributed by atoms with Gasteiger partial charge in [0.15, 0.2) is 0 Å². The SMILES string of the molecule is CN1C[C@@]2(CCCN(Cc3cn[nH]c3-c3cccc(F)c3)C2)OC1=O. The number of halogens is 1. The Morgan fingerprint density at radius 3 is 3.04 bits per heavy atom. The molecule has 2 saturated heterocycles. The summed E-state index contributed by atoms with van der Waals surface area (Å²) in [5, 5.41) is 7.12. The number of rotatable bonds is 3. The molecule has 2 aliphatic rings. The molecule has 2 aromatic rings. The van der Waals surface area contributed by atoms with Crippen LogP contribution < -0.4 is 0 Å². The standard InChI is InChI=1S/C18H21FN4O2/c1-22-11-18(25-17(22)24)6-3-7-23(12-18)10-14-9-20-21-16(14)13-4-2-5-15(19)8-13/h2,4-5,8-9H,3,6-7,10-12H2,1H3,(H,20,21)/t18-/m1/s1. The van der Waals surface area contributed by atoms with Gasteiger partial charge in [-0.25, -0.2) is 9.18 Å². The second-order valence-corrected chi connectivity index (χ2v) is 7.00. The predicted octanol–water partition coefficient (Wildman–Crippen LogP) is 2.63. The lowest BCUT2D eigenvalue weighted by Crippen LogP contribution is -2.50. The molecule has 3 heterocycles. The van der Waals surface area contributed by atoms with Gasteiger partial charge >= 0.3 is 6.09 Å². The number of nitrogens with one attached hydrogen (secondary N) is 1. The molecule has 1 spiro atoms. The van der Waals surface area contributed by atoms with Gasteiger partial charge in [0, 0.05) is 31.3 Å². The summed E-state index contributed by atoms with van der Waals surface area (Å²) >= 11 is 0. The second-order valence-electron chi connectivity index (χ2n) is 7.00. The van der Waals surface area contributed by atoms with Crippen molar-refractivity contribution < 1.29 is 13.9 Å². The highest BCUT2D eigenvalue weighted by Crippen LogP contribution is 2.32. The Balaban J connectivity index is 1.52. The monoisotopic (exact) mass is 344 g/mol. The van der Waals surface area contributed by atoms with Crippen LogP contribution in [-0.2, 0) is 11.3 Å². The third-order valence-electron chi connectivity index (χ3n) is 4.98. The summed E-state index contributed by atoms with van der Waals surface area (Å²) in [7, 11) is 1.77. The number of carbonyl (C=O) groups is 1. The predicted molar refractivity (Wildman–Crippen MR) is 90.3 cm³/mol. The first-order valence-corrected chi connectivity index (χ1v) is 8.49. The molecule has 1 atom stereocenters. The van der Waals surface area contributed by atoms with Crippen LogP contribution in [0, 0.1) is 5.82 Å². The third kappa shape index (κ3) is 3.11. The molecule has 2 fully saturated rings. The van der Waals surface area contributed by atoms with Crippen LogP contribution in [0.1, 0.15) is 18.4 Å². The van der Waals surface area contributed by atoms with Crippen molar-refractivity contribution in [2.24, 2.45) is 0 Å². The zero-order chi connectivity index (χ0) is 17.4. The van der Waals surface area contributed by atoms with Crippen molar-refractivity contribution in [3.05, 3.63) is 41.8 Å². The number of amides is 1. The summed E-state index contributed by atoms with van der Waals surface area (Å²) in [6.07, 6.45) is 3.41. The number of aromatic amines is 1. The fourth-order valence-corrected chi connectivity index (χ4v) is 3.90. The minimum absolute atomic E-state index is 0.245. The molecule has 1 aromatic carbocycles. The fourth-order valence-electron chi connectivity index (χ4n) is 3.90. The Morgan fingerprint density at radius 1 is 1.40 bits per heavy atom. The van der Waals surface area contributed by atoms with Crippen LogP contribution in [0.2, 0.25) is 0 Å². The summed E-state index contributed by atoms with van der Waals surface area (Å²) in [5.41, 5.74) is 2.22. The zero-order valence-corrected chi connectivity index (χ0v) is 14.2. The lowest BCUT2D eigenvalue weighted by Gasteiger charge is -2.38.